The molecule has 2 aliphatic rings. The van der Waals surface area contributed by atoms with Crippen molar-refractivity contribution in [2.45, 2.75) is 18.4 Å². The van der Waals surface area contributed by atoms with Crippen molar-refractivity contribution in [2.24, 2.45) is 5.92 Å². The van der Waals surface area contributed by atoms with Gasteiger partial charge >= 0.3 is 0 Å². The summed E-state index contributed by atoms with van der Waals surface area (Å²) < 4.78 is 0. The standard InChI is InChI=1S/C18H15ClN2O2/c19-12-6-4-11(5-7-12)18-15-3-1-2-14(15)16-10-13(21(22)23)8-9-17(16)20-18/h1-2,4-10,14-15,18,20H,3H2/t14-,15+,18-/m1/s1. The molecule has 2 aromatic rings. The molecule has 3 atom stereocenters. The summed E-state index contributed by atoms with van der Waals surface area (Å²) in [5, 5.41) is 15.3. The van der Waals surface area contributed by atoms with Gasteiger partial charge in [-0.05, 0) is 41.7 Å². The van der Waals surface area contributed by atoms with Crippen LogP contribution in [-0.2, 0) is 0 Å². The molecule has 0 saturated heterocycles. The third-order valence-electron chi connectivity index (χ3n) is 4.79. The minimum Gasteiger partial charge on any atom is -0.378 e. The largest absolute Gasteiger partial charge is 0.378 e. The Hall–Kier alpha value is -2.33. The second kappa shape index (κ2) is 5.39. The number of rotatable bonds is 2. The molecule has 23 heavy (non-hydrogen) atoms. The average Bonchev–Trinajstić information content (AvgIpc) is 3.04. The van der Waals surface area contributed by atoms with Crippen molar-refractivity contribution in [1.82, 2.24) is 0 Å². The number of hydrogen-bond acceptors (Lipinski definition) is 3. The summed E-state index contributed by atoms with van der Waals surface area (Å²) in [6.07, 6.45) is 5.32. The molecule has 1 aliphatic heterocycles. The fourth-order valence-electron chi connectivity index (χ4n) is 3.70. The van der Waals surface area contributed by atoms with Gasteiger partial charge < -0.3 is 5.32 Å². The Balaban J connectivity index is 1.77. The van der Waals surface area contributed by atoms with Gasteiger partial charge in [0.1, 0.15) is 0 Å². The summed E-state index contributed by atoms with van der Waals surface area (Å²) in [5.74, 6) is 0.581. The highest BCUT2D eigenvalue weighted by Crippen LogP contribution is 2.50. The van der Waals surface area contributed by atoms with Crippen LogP contribution in [0.2, 0.25) is 5.02 Å². The number of benzene rings is 2. The third-order valence-corrected chi connectivity index (χ3v) is 5.04. The second-order valence-electron chi connectivity index (χ2n) is 6.06. The van der Waals surface area contributed by atoms with Crippen LogP contribution in [0.3, 0.4) is 0 Å². The van der Waals surface area contributed by atoms with E-state index in [4.69, 9.17) is 11.6 Å². The summed E-state index contributed by atoms with van der Waals surface area (Å²) in [4.78, 5) is 10.7. The van der Waals surface area contributed by atoms with Gasteiger partial charge in [0.15, 0.2) is 0 Å². The summed E-state index contributed by atoms with van der Waals surface area (Å²) in [7, 11) is 0. The monoisotopic (exact) mass is 326 g/mol. The maximum absolute atomic E-state index is 11.1. The quantitative estimate of drug-likeness (QED) is 0.476. The predicted molar refractivity (Wildman–Crippen MR) is 90.9 cm³/mol. The summed E-state index contributed by atoms with van der Waals surface area (Å²) in [5.41, 5.74) is 3.33. The van der Waals surface area contributed by atoms with Gasteiger partial charge in [-0.25, -0.2) is 0 Å². The normalized spacial score (nSPS) is 24.7. The van der Waals surface area contributed by atoms with E-state index in [2.05, 4.69) is 17.5 Å². The van der Waals surface area contributed by atoms with E-state index in [0.717, 1.165) is 22.7 Å². The lowest BCUT2D eigenvalue weighted by Crippen LogP contribution is -2.29. The number of nitrogens with one attached hydrogen (secondary N) is 1. The zero-order valence-corrected chi connectivity index (χ0v) is 13.0. The number of allylic oxidation sites excluding steroid dienone is 2. The molecule has 0 fully saturated rings. The molecule has 116 valence electrons. The lowest BCUT2D eigenvalue weighted by atomic mass is 9.77. The van der Waals surface area contributed by atoms with Crippen LogP contribution in [0.4, 0.5) is 11.4 Å². The summed E-state index contributed by atoms with van der Waals surface area (Å²) >= 11 is 5.99. The number of halogens is 1. The molecular weight excluding hydrogens is 312 g/mol. The minimum atomic E-state index is -0.334. The molecular formula is C18H15ClN2O2. The average molecular weight is 327 g/mol. The van der Waals surface area contributed by atoms with E-state index in [9.17, 15) is 10.1 Å². The molecule has 4 rings (SSSR count). The lowest BCUT2D eigenvalue weighted by molar-refractivity contribution is -0.384. The van der Waals surface area contributed by atoms with Gasteiger partial charge in [-0.15, -0.1) is 0 Å². The lowest BCUT2D eigenvalue weighted by Gasteiger charge is -2.37. The summed E-state index contributed by atoms with van der Waals surface area (Å²) in [6.45, 7) is 0. The zero-order valence-electron chi connectivity index (χ0n) is 12.3. The number of nitrogens with zero attached hydrogens (tertiary/aromatic N) is 1. The van der Waals surface area contributed by atoms with Crippen molar-refractivity contribution in [3.8, 4) is 0 Å². The van der Waals surface area contributed by atoms with E-state index >= 15 is 0 Å². The molecule has 1 N–H and O–H groups in total. The second-order valence-corrected chi connectivity index (χ2v) is 6.49. The Morgan fingerprint density at radius 2 is 1.96 bits per heavy atom. The highest BCUT2D eigenvalue weighted by molar-refractivity contribution is 6.30. The van der Waals surface area contributed by atoms with Gasteiger partial charge in [0.05, 0.1) is 11.0 Å². The van der Waals surface area contributed by atoms with Gasteiger partial charge in [0.25, 0.3) is 5.69 Å². The van der Waals surface area contributed by atoms with Gasteiger partial charge in [0, 0.05) is 28.8 Å². The van der Waals surface area contributed by atoms with Crippen LogP contribution in [0.5, 0.6) is 0 Å². The molecule has 2 aromatic carbocycles. The molecule has 0 unspecified atom stereocenters. The molecule has 0 aromatic heterocycles. The third kappa shape index (κ3) is 2.39. The number of fused-ring (bicyclic) bond motifs is 3. The highest BCUT2D eigenvalue weighted by atomic mass is 35.5. The van der Waals surface area contributed by atoms with Crippen molar-refractivity contribution in [2.75, 3.05) is 5.32 Å². The van der Waals surface area contributed by atoms with Gasteiger partial charge in [-0.1, -0.05) is 35.9 Å². The number of nitro benzene ring substituents is 1. The first-order chi connectivity index (χ1) is 11.1. The van der Waals surface area contributed by atoms with Crippen LogP contribution in [0.25, 0.3) is 0 Å². The van der Waals surface area contributed by atoms with E-state index < -0.39 is 0 Å². The highest BCUT2D eigenvalue weighted by Gasteiger charge is 2.38. The fraction of sp³-hybridized carbons (Fsp3) is 0.222. The molecule has 0 spiro atoms. The van der Waals surface area contributed by atoms with E-state index in [1.165, 1.54) is 5.56 Å². The molecule has 1 aliphatic carbocycles. The van der Waals surface area contributed by atoms with Gasteiger partial charge in [-0.3, -0.25) is 10.1 Å². The van der Waals surface area contributed by atoms with Crippen molar-refractivity contribution in [3.05, 3.63) is 80.9 Å². The van der Waals surface area contributed by atoms with Crippen LogP contribution in [0.15, 0.2) is 54.6 Å². The Morgan fingerprint density at radius 3 is 2.70 bits per heavy atom. The van der Waals surface area contributed by atoms with Gasteiger partial charge in [-0.2, -0.15) is 0 Å². The van der Waals surface area contributed by atoms with E-state index in [1.54, 1.807) is 12.1 Å². The topological polar surface area (TPSA) is 55.2 Å². The number of anilines is 1. The first-order valence-corrected chi connectivity index (χ1v) is 7.98. The SMILES string of the molecule is O=[N+]([O-])c1ccc2c(c1)[C@@H]1C=CC[C@@H]1[C@@H](c1ccc(Cl)cc1)N2. The van der Waals surface area contributed by atoms with Crippen LogP contribution < -0.4 is 5.32 Å². The van der Waals surface area contributed by atoms with Crippen LogP contribution in [-0.4, -0.2) is 4.92 Å². The fourth-order valence-corrected chi connectivity index (χ4v) is 3.82. The van der Waals surface area contributed by atoms with Crippen LogP contribution in [0, 0.1) is 16.0 Å². The Kier molecular flexibility index (Phi) is 3.34. The first-order valence-electron chi connectivity index (χ1n) is 7.60. The molecule has 0 amide bonds. The first kappa shape index (κ1) is 14.3. The van der Waals surface area contributed by atoms with Crippen molar-refractivity contribution >= 4 is 23.0 Å². The van der Waals surface area contributed by atoms with Crippen LogP contribution >= 0.6 is 11.6 Å². The maximum Gasteiger partial charge on any atom is 0.269 e. The van der Waals surface area contributed by atoms with Gasteiger partial charge in [0.2, 0.25) is 0 Å². The molecule has 1 heterocycles. The minimum absolute atomic E-state index is 0.148. The van der Waals surface area contributed by atoms with Crippen molar-refractivity contribution in [1.29, 1.82) is 0 Å². The van der Waals surface area contributed by atoms with Crippen molar-refractivity contribution < 1.29 is 4.92 Å². The Labute approximate surface area is 138 Å². The molecule has 0 saturated carbocycles. The molecule has 0 bridgehead atoms. The summed E-state index contributed by atoms with van der Waals surface area (Å²) in [6, 6.07) is 13.2. The Morgan fingerprint density at radius 1 is 1.17 bits per heavy atom. The smallest absolute Gasteiger partial charge is 0.269 e. The van der Waals surface area contributed by atoms with E-state index in [1.807, 2.05) is 30.3 Å². The zero-order chi connectivity index (χ0) is 16.0. The Bertz CT molecular complexity index is 801. The number of hydrogen-bond donors (Lipinski definition) is 1. The molecule has 0 radical (unpaired) electrons. The maximum atomic E-state index is 11.1. The number of non-ortho nitro benzene ring substituents is 1. The molecule has 5 heteroatoms. The predicted octanol–water partition coefficient (Wildman–Crippen LogP) is 5.07. The van der Waals surface area contributed by atoms with E-state index in [0.29, 0.717) is 5.92 Å². The van der Waals surface area contributed by atoms with Crippen molar-refractivity contribution in [3.63, 3.8) is 0 Å². The molecule has 4 nitrogen and oxygen atoms in total. The van der Waals surface area contributed by atoms with Crippen LogP contribution in [0.1, 0.15) is 29.5 Å². The number of nitro groups is 1. The van der Waals surface area contributed by atoms with E-state index in [-0.39, 0.29) is 22.6 Å².